The third kappa shape index (κ3) is 4.02. The van der Waals surface area contributed by atoms with Crippen molar-refractivity contribution in [3.8, 4) is 5.69 Å². The van der Waals surface area contributed by atoms with E-state index >= 15 is 0 Å². The van der Waals surface area contributed by atoms with Crippen LogP contribution in [0.25, 0.3) is 5.69 Å². The lowest BCUT2D eigenvalue weighted by Crippen LogP contribution is -2.37. The standard InChI is InChI=1S/C18H19FN4O3S/c1-11(2)16-14(9-21-23(16)13-5-3-12(19)4-6-13)17(25)20-7-8-22-15(24)10-27-18(22)26/h3-6,9,11H,7-8,10H2,1-2H3,(H,20,25). The number of thioether (sulfide) groups is 1. The van der Waals surface area contributed by atoms with Gasteiger partial charge in [0.15, 0.2) is 0 Å². The summed E-state index contributed by atoms with van der Waals surface area (Å²) in [6.45, 7) is 4.18. The molecule has 0 aliphatic carbocycles. The van der Waals surface area contributed by atoms with Crippen LogP contribution in [0.3, 0.4) is 0 Å². The Kier molecular flexibility index (Phi) is 5.59. The zero-order valence-electron chi connectivity index (χ0n) is 14.9. The summed E-state index contributed by atoms with van der Waals surface area (Å²) in [6, 6.07) is 5.86. The highest BCUT2D eigenvalue weighted by Gasteiger charge is 2.29. The zero-order chi connectivity index (χ0) is 19.6. The summed E-state index contributed by atoms with van der Waals surface area (Å²) in [5, 5.41) is 6.72. The molecule has 7 nitrogen and oxygen atoms in total. The highest BCUT2D eigenvalue weighted by Crippen LogP contribution is 2.23. The van der Waals surface area contributed by atoms with E-state index in [1.807, 2.05) is 13.8 Å². The molecule has 1 N–H and O–H groups in total. The number of halogens is 1. The molecule has 1 fully saturated rings. The Bertz CT molecular complexity index is 863. The predicted octanol–water partition coefficient (Wildman–Crippen LogP) is 2.56. The van der Waals surface area contributed by atoms with Crippen molar-refractivity contribution in [3.05, 3.63) is 47.5 Å². The summed E-state index contributed by atoms with van der Waals surface area (Å²) in [4.78, 5) is 36.9. The van der Waals surface area contributed by atoms with E-state index in [1.165, 1.54) is 18.3 Å². The topological polar surface area (TPSA) is 84.3 Å². The van der Waals surface area contributed by atoms with Crippen LogP contribution < -0.4 is 5.32 Å². The van der Waals surface area contributed by atoms with Crippen molar-refractivity contribution in [2.45, 2.75) is 19.8 Å². The number of rotatable bonds is 6. The second-order valence-corrected chi connectivity index (χ2v) is 7.27. The first-order valence-corrected chi connectivity index (χ1v) is 9.46. The van der Waals surface area contributed by atoms with Crippen molar-refractivity contribution >= 4 is 28.8 Å². The summed E-state index contributed by atoms with van der Waals surface area (Å²) in [6.07, 6.45) is 1.47. The van der Waals surface area contributed by atoms with E-state index in [0.717, 1.165) is 16.7 Å². The van der Waals surface area contributed by atoms with E-state index in [0.29, 0.717) is 16.9 Å². The smallest absolute Gasteiger partial charge is 0.288 e. The Labute approximate surface area is 159 Å². The lowest BCUT2D eigenvalue weighted by atomic mass is 10.1. The molecule has 1 aliphatic rings. The molecular formula is C18H19FN4O3S. The van der Waals surface area contributed by atoms with Crippen LogP contribution in [0.4, 0.5) is 9.18 Å². The molecule has 9 heteroatoms. The average molecular weight is 390 g/mol. The van der Waals surface area contributed by atoms with Crippen molar-refractivity contribution in [2.24, 2.45) is 0 Å². The molecule has 2 heterocycles. The first kappa shape index (κ1) is 19.1. The number of hydrogen-bond donors (Lipinski definition) is 1. The van der Waals surface area contributed by atoms with Gasteiger partial charge < -0.3 is 5.32 Å². The molecule has 0 saturated carbocycles. The molecule has 3 rings (SSSR count). The third-order valence-corrected chi connectivity index (χ3v) is 4.99. The van der Waals surface area contributed by atoms with Crippen LogP contribution in [-0.2, 0) is 4.79 Å². The van der Waals surface area contributed by atoms with Crippen molar-refractivity contribution in [2.75, 3.05) is 18.8 Å². The van der Waals surface area contributed by atoms with Gasteiger partial charge in [0.1, 0.15) is 5.82 Å². The summed E-state index contributed by atoms with van der Waals surface area (Å²) in [7, 11) is 0. The minimum atomic E-state index is -0.348. The first-order chi connectivity index (χ1) is 12.9. The maximum atomic E-state index is 13.2. The van der Waals surface area contributed by atoms with E-state index in [1.54, 1.807) is 16.8 Å². The zero-order valence-corrected chi connectivity index (χ0v) is 15.8. The van der Waals surface area contributed by atoms with Gasteiger partial charge in [-0.15, -0.1) is 0 Å². The fraction of sp³-hybridized carbons (Fsp3) is 0.333. The molecule has 142 valence electrons. The SMILES string of the molecule is CC(C)c1c(C(=O)NCCN2C(=O)CSC2=O)cnn1-c1ccc(F)cc1. The van der Waals surface area contributed by atoms with Crippen LogP contribution in [-0.4, -0.2) is 50.6 Å². The van der Waals surface area contributed by atoms with E-state index in [9.17, 15) is 18.8 Å². The van der Waals surface area contributed by atoms with Crippen LogP contribution in [0, 0.1) is 5.82 Å². The summed E-state index contributed by atoms with van der Waals surface area (Å²) in [5.74, 6) is -0.782. The predicted molar refractivity (Wildman–Crippen MR) is 99.5 cm³/mol. The van der Waals surface area contributed by atoms with Gasteiger partial charge in [-0.05, 0) is 30.2 Å². The van der Waals surface area contributed by atoms with Gasteiger partial charge in [0.05, 0.1) is 28.9 Å². The minimum Gasteiger partial charge on any atom is -0.350 e. The second kappa shape index (κ2) is 7.91. The average Bonchev–Trinajstić information content (AvgIpc) is 3.21. The fourth-order valence-electron chi connectivity index (χ4n) is 2.85. The Morgan fingerprint density at radius 2 is 2.00 bits per heavy atom. The third-order valence-electron chi connectivity index (χ3n) is 4.13. The first-order valence-electron chi connectivity index (χ1n) is 8.47. The molecule has 1 aliphatic heterocycles. The van der Waals surface area contributed by atoms with Crippen LogP contribution in [0.15, 0.2) is 30.5 Å². The number of benzene rings is 1. The van der Waals surface area contributed by atoms with Crippen molar-refractivity contribution in [1.29, 1.82) is 0 Å². The number of nitrogens with one attached hydrogen (secondary N) is 1. The molecule has 0 bridgehead atoms. The van der Waals surface area contributed by atoms with Crippen LogP contribution >= 0.6 is 11.8 Å². The molecule has 0 atom stereocenters. The van der Waals surface area contributed by atoms with E-state index in [4.69, 9.17) is 0 Å². The monoisotopic (exact) mass is 390 g/mol. The molecule has 0 spiro atoms. The summed E-state index contributed by atoms with van der Waals surface area (Å²) < 4.78 is 14.8. The second-order valence-electron chi connectivity index (χ2n) is 6.34. The number of aromatic nitrogens is 2. The van der Waals surface area contributed by atoms with Gasteiger partial charge >= 0.3 is 0 Å². The molecule has 0 unspecified atom stereocenters. The molecular weight excluding hydrogens is 371 g/mol. The highest BCUT2D eigenvalue weighted by molar-refractivity contribution is 8.14. The Morgan fingerprint density at radius 1 is 1.30 bits per heavy atom. The molecule has 27 heavy (non-hydrogen) atoms. The van der Waals surface area contributed by atoms with Gasteiger partial charge in [0.25, 0.3) is 11.1 Å². The van der Waals surface area contributed by atoms with Gasteiger partial charge in [-0.3, -0.25) is 19.3 Å². The van der Waals surface area contributed by atoms with Gasteiger partial charge in [0, 0.05) is 13.1 Å². The van der Waals surface area contributed by atoms with Gasteiger partial charge in [0.2, 0.25) is 5.91 Å². The summed E-state index contributed by atoms with van der Waals surface area (Å²) >= 11 is 0.962. The number of carbonyl (C=O) groups is 3. The largest absolute Gasteiger partial charge is 0.350 e. The maximum absolute atomic E-state index is 13.2. The van der Waals surface area contributed by atoms with E-state index < -0.39 is 0 Å². The normalized spacial score (nSPS) is 14.3. The van der Waals surface area contributed by atoms with Crippen molar-refractivity contribution in [3.63, 3.8) is 0 Å². The highest BCUT2D eigenvalue weighted by atomic mass is 32.2. The van der Waals surface area contributed by atoms with E-state index in [-0.39, 0.29) is 47.6 Å². The summed E-state index contributed by atoms with van der Waals surface area (Å²) in [5.41, 5.74) is 1.76. The number of nitrogens with zero attached hydrogens (tertiary/aromatic N) is 3. The molecule has 2 aromatic rings. The number of imide groups is 1. The van der Waals surface area contributed by atoms with E-state index in [2.05, 4.69) is 10.4 Å². The number of hydrogen-bond acceptors (Lipinski definition) is 5. The lowest BCUT2D eigenvalue weighted by molar-refractivity contribution is -0.124. The fourth-order valence-corrected chi connectivity index (χ4v) is 3.60. The van der Waals surface area contributed by atoms with Crippen LogP contribution in [0.2, 0.25) is 0 Å². The van der Waals surface area contributed by atoms with Crippen molar-refractivity contribution < 1.29 is 18.8 Å². The van der Waals surface area contributed by atoms with Gasteiger partial charge in [-0.2, -0.15) is 5.10 Å². The van der Waals surface area contributed by atoms with Crippen LogP contribution in [0.1, 0.15) is 35.8 Å². The Morgan fingerprint density at radius 3 is 2.59 bits per heavy atom. The number of amides is 3. The maximum Gasteiger partial charge on any atom is 0.288 e. The Hall–Kier alpha value is -2.68. The van der Waals surface area contributed by atoms with Gasteiger partial charge in [-0.25, -0.2) is 9.07 Å². The van der Waals surface area contributed by atoms with Crippen molar-refractivity contribution in [1.82, 2.24) is 20.0 Å². The van der Waals surface area contributed by atoms with Gasteiger partial charge in [-0.1, -0.05) is 25.6 Å². The minimum absolute atomic E-state index is 0.00330. The Balaban J connectivity index is 1.74. The molecule has 0 radical (unpaired) electrons. The molecule has 1 aromatic carbocycles. The quantitative estimate of drug-likeness (QED) is 0.820. The lowest BCUT2D eigenvalue weighted by Gasteiger charge is -2.15. The molecule has 3 amide bonds. The van der Waals surface area contributed by atoms with Crippen LogP contribution in [0.5, 0.6) is 0 Å². The molecule has 1 aromatic heterocycles. The number of carbonyl (C=O) groups excluding carboxylic acids is 3. The molecule has 1 saturated heterocycles.